The van der Waals surface area contributed by atoms with Crippen LogP contribution in [0.1, 0.15) is 21.7 Å². The quantitative estimate of drug-likeness (QED) is 0.552. The van der Waals surface area contributed by atoms with Gasteiger partial charge in [-0.25, -0.2) is 5.01 Å². The lowest BCUT2D eigenvalue weighted by Gasteiger charge is -2.23. The normalized spacial score (nSPS) is 10.4. The van der Waals surface area contributed by atoms with Crippen LogP contribution < -0.4 is 16.2 Å². The van der Waals surface area contributed by atoms with Gasteiger partial charge in [0.2, 0.25) is 0 Å². The third kappa shape index (κ3) is 3.60. The SMILES string of the molecule is Cc1ccc(C)n1-c1ccc(C(=O)NN(C(N)=S)c2ccccc2)cc1. The molecule has 3 rings (SSSR count). The number of rotatable bonds is 3. The zero-order valence-electron chi connectivity index (χ0n) is 14.6. The Balaban J connectivity index is 1.81. The Kier molecular flexibility index (Phi) is 5.04. The van der Waals surface area contributed by atoms with Gasteiger partial charge in [0.15, 0.2) is 5.11 Å². The van der Waals surface area contributed by atoms with Crippen molar-refractivity contribution in [2.24, 2.45) is 5.73 Å². The molecule has 0 saturated carbocycles. The van der Waals surface area contributed by atoms with E-state index in [4.69, 9.17) is 18.0 Å². The first-order valence-corrected chi connectivity index (χ1v) is 8.59. The zero-order chi connectivity index (χ0) is 18.7. The first-order chi connectivity index (χ1) is 12.5. The maximum absolute atomic E-state index is 12.6. The van der Waals surface area contributed by atoms with Crippen LogP contribution in [0.3, 0.4) is 0 Å². The molecule has 0 atom stereocenters. The fourth-order valence-electron chi connectivity index (χ4n) is 2.83. The summed E-state index contributed by atoms with van der Waals surface area (Å²) in [6.45, 7) is 4.10. The van der Waals surface area contributed by atoms with Gasteiger partial charge in [0.1, 0.15) is 0 Å². The Hall–Kier alpha value is -3.12. The lowest BCUT2D eigenvalue weighted by atomic mass is 10.2. The summed E-state index contributed by atoms with van der Waals surface area (Å²) in [6.07, 6.45) is 0. The number of carbonyl (C=O) groups excluding carboxylic acids is 1. The molecule has 1 heterocycles. The number of nitrogens with one attached hydrogen (secondary N) is 1. The molecule has 6 heteroatoms. The van der Waals surface area contributed by atoms with E-state index in [0.29, 0.717) is 11.3 Å². The molecular weight excluding hydrogens is 344 g/mol. The summed E-state index contributed by atoms with van der Waals surface area (Å²) < 4.78 is 2.13. The molecule has 0 radical (unpaired) electrons. The Morgan fingerprint density at radius 1 is 0.962 bits per heavy atom. The Bertz CT molecular complexity index is 913. The summed E-state index contributed by atoms with van der Waals surface area (Å²) in [5.74, 6) is -0.283. The fourth-order valence-corrected chi connectivity index (χ4v) is 2.98. The van der Waals surface area contributed by atoms with Crippen LogP contribution >= 0.6 is 12.2 Å². The van der Waals surface area contributed by atoms with Crippen LogP contribution in [0.15, 0.2) is 66.7 Å². The highest BCUT2D eigenvalue weighted by Gasteiger charge is 2.14. The largest absolute Gasteiger partial charge is 0.374 e. The van der Waals surface area contributed by atoms with Crippen molar-refractivity contribution in [1.29, 1.82) is 0 Å². The van der Waals surface area contributed by atoms with Crippen molar-refractivity contribution in [2.45, 2.75) is 13.8 Å². The van der Waals surface area contributed by atoms with Crippen LogP contribution in [0.2, 0.25) is 0 Å². The molecule has 3 N–H and O–H groups in total. The topological polar surface area (TPSA) is 63.3 Å². The number of hydrogen-bond donors (Lipinski definition) is 2. The third-order valence-electron chi connectivity index (χ3n) is 4.11. The lowest BCUT2D eigenvalue weighted by Crippen LogP contribution is -2.49. The number of nitrogens with two attached hydrogens (primary N) is 1. The molecule has 0 fully saturated rings. The average molecular weight is 364 g/mol. The Labute approximate surface area is 158 Å². The van der Waals surface area contributed by atoms with Gasteiger partial charge in [-0.15, -0.1) is 0 Å². The number of carbonyl (C=O) groups is 1. The van der Waals surface area contributed by atoms with E-state index in [1.54, 1.807) is 12.1 Å². The molecule has 0 saturated heterocycles. The molecule has 0 spiro atoms. The van der Waals surface area contributed by atoms with Gasteiger partial charge in [0.25, 0.3) is 5.91 Å². The standard InChI is InChI=1S/C20H20N4OS/c1-14-8-9-15(2)23(14)17-12-10-16(11-13-17)19(25)22-24(20(21)26)18-6-4-3-5-7-18/h3-13H,1-2H3,(H2,21,26)(H,22,25). The molecule has 0 aliphatic heterocycles. The highest BCUT2D eigenvalue weighted by Crippen LogP contribution is 2.17. The molecule has 0 aliphatic rings. The summed E-state index contributed by atoms with van der Waals surface area (Å²) in [5.41, 5.74) is 13.0. The van der Waals surface area contributed by atoms with E-state index in [9.17, 15) is 4.79 Å². The molecular formula is C20H20N4OS. The molecule has 0 unspecified atom stereocenters. The number of para-hydroxylation sites is 1. The van der Waals surface area contributed by atoms with E-state index in [0.717, 1.165) is 17.1 Å². The van der Waals surface area contributed by atoms with Crippen molar-refractivity contribution in [3.8, 4) is 5.69 Å². The molecule has 1 aromatic heterocycles. The average Bonchev–Trinajstić information content (AvgIpc) is 2.98. The number of aryl methyl sites for hydroxylation is 2. The number of thiocarbonyl (C=S) groups is 1. The summed E-state index contributed by atoms with van der Waals surface area (Å²) >= 11 is 5.06. The Morgan fingerprint density at radius 2 is 1.54 bits per heavy atom. The maximum Gasteiger partial charge on any atom is 0.270 e. The molecule has 26 heavy (non-hydrogen) atoms. The highest BCUT2D eigenvalue weighted by atomic mass is 32.1. The summed E-state index contributed by atoms with van der Waals surface area (Å²) in [6, 6.07) is 20.8. The number of benzene rings is 2. The molecule has 5 nitrogen and oxygen atoms in total. The van der Waals surface area contributed by atoms with Gasteiger partial charge in [-0.05, 0) is 74.6 Å². The molecule has 1 amide bonds. The molecule has 3 aromatic rings. The smallest absolute Gasteiger partial charge is 0.270 e. The highest BCUT2D eigenvalue weighted by molar-refractivity contribution is 7.80. The van der Waals surface area contributed by atoms with Gasteiger partial charge in [-0.3, -0.25) is 10.2 Å². The van der Waals surface area contributed by atoms with Gasteiger partial charge >= 0.3 is 0 Å². The first-order valence-electron chi connectivity index (χ1n) is 8.18. The van der Waals surface area contributed by atoms with Crippen LogP contribution in [-0.4, -0.2) is 15.6 Å². The molecule has 2 aromatic carbocycles. The summed E-state index contributed by atoms with van der Waals surface area (Å²) in [5, 5.41) is 1.46. The van der Waals surface area contributed by atoms with Gasteiger partial charge < -0.3 is 10.3 Å². The summed E-state index contributed by atoms with van der Waals surface area (Å²) in [4.78, 5) is 12.6. The van der Waals surface area contributed by atoms with E-state index in [1.165, 1.54) is 5.01 Å². The number of hydrazine groups is 1. The number of amides is 1. The molecule has 0 aliphatic carbocycles. The monoisotopic (exact) mass is 364 g/mol. The minimum atomic E-state index is -0.283. The minimum absolute atomic E-state index is 0.0692. The van der Waals surface area contributed by atoms with Crippen LogP contribution in [0.4, 0.5) is 5.69 Å². The van der Waals surface area contributed by atoms with Crippen molar-refractivity contribution in [3.63, 3.8) is 0 Å². The zero-order valence-corrected chi connectivity index (χ0v) is 15.5. The third-order valence-corrected chi connectivity index (χ3v) is 4.29. The maximum atomic E-state index is 12.6. The van der Waals surface area contributed by atoms with Crippen molar-refractivity contribution >= 4 is 28.9 Å². The number of hydrogen-bond acceptors (Lipinski definition) is 2. The van der Waals surface area contributed by atoms with E-state index < -0.39 is 0 Å². The fraction of sp³-hybridized carbons (Fsp3) is 0.100. The van der Waals surface area contributed by atoms with Crippen LogP contribution in [-0.2, 0) is 0 Å². The van der Waals surface area contributed by atoms with Gasteiger partial charge in [-0.2, -0.15) is 0 Å². The second-order valence-electron chi connectivity index (χ2n) is 5.95. The van der Waals surface area contributed by atoms with Crippen molar-refractivity contribution in [3.05, 3.63) is 83.7 Å². The van der Waals surface area contributed by atoms with Crippen LogP contribution in [0.5, 0.6) is 0 Å². The number of aromatic nitrogens is 1. The van der Waals surface area contributed by atoms with Crippen molar-refractivity contribution in [2.75, 3.05) is 5.01 Å². The van der Waals surface area contributed by atoms with Gasteiger partial charge in [-0.1, -0.05) is 18.2 Å². The van der Waals surface area contributed by atoms with Gasteiger partial charge in [0, 0.05) is 22.6 Å². The second-order valence-corrected chi connectivity index (χ2v) is 6.37. The molecule has 132 valence electrons. The first kappa shape index (κ1) is 17.7. The number of anilines is 1. The summed E-state index contributed by atoms with van der Waals surface area (Å²) in [7, 11) is 0. The minimum Gasteiger partial charge on any atom is -0.374 e. The van der Waals surface area contributed by atoms with E-state index in [2.05, 4.69) is 22.1 Å². The second kappa shape index (κ2) is 7.41. The van der Waals surface area contributed by atoms with E-state index >= 15 is 0 Å². The van der Waals surface area contributed by atoms with Crippen molar-refractivity contribution in [1.82, 2.24) is 9.99 Å². The van der Waals surface area contributed by atoms with Crippen LogP contribution in [0, 0.1) is 13.8 Å². The predicted molar refractivity (Wildman–Crippen MR) is 108 cm³/mol. The number of nitrogens with zero attached hydrogens (tertiary/aromatic N) is 2. The molecule has 0 bridgehead atoms. The van der Waals surface area contributed by atoms with Gasteiger partial charge in [0.05, 0.1) is 5.69 Å². The lowest BCUT2D eigenvalue weighted by molar-refractivity contribution is 0.0955. The Morgan fingerprint density at radius 3 is 2.08 bits per heavy atom. The van der Waals surface area contributed by atoms with Crippen molar-refractivity contribution < 1.29 is 4.79 Å². The predicted octanol–water partition coefficient (Wildman–Crippen LogP) is 3.49. The van der Waals surface area contributed by atoms with Crippen LogP contribution in [0.25, 0.3) is 5.69 Å². The van der Waals surface area contributed by atoms with E-state index in [1.807, 2.05) is 56.3 Å². The van der Waals surface area contributed by atoms with E-state index in [-0.39, 0.29) is 11.0 Å².